The lowest BCUT2D eigenvalue weighted by atomic mass is 9.86. The van der Waals surface area contributed by atoms with Crippen LogP contribution in [0.3, 0.4) is 0 Å². The third kappa shape index (κ3) is 3.86. The zero-order valence-corrected chi connectivity index (χ0v) is 15.1. The number of hydrogen-bond donors (Lipinski definition) is 1. The summed E-state index contributed by atoms with van der Waals surface area (Å²) in [6.07, 6.45) is 5.33. The first-order valence-electron chi connectivity index (χ1n) is 8.34. The highest BCUT2D eigenvalue weighted by Crippen LogP contribution is 2.49. The van der Waals surface area contributed by atoms with E-state index in [2.05, 4.69) is 5.32 Å². The Kier molecular flexibility index (Phi) is 5.36. The number of amides is 1. The second kappa shape index (κ2) is 7.32. The third-order valence-corrected chi connectivity index (χ3v) is 6.03. The summed E-state index contributed by atoms with van der Waals surface area (Å²) in [5, 5.41) is 3.36. The molecule has 1 amide bonds. The van der Waals surface area contributed by atoms with Crippen molar-refractivity contribution in [3.05, 3.63) is 27.7 Å². The van der Waals surface area contributed by atoms with Gasteiger partial charge in [0.2, 0.25) is 0 Å². The summed E-state index contributed by atoms with van der Waals surface area (Å²) in [4.78, 5) is 24.0. The molecule has 24 heavy (non-hydrogen) atoms. The van der Waals surface area contributed by atoms with Gasteiger partial charge in [-0.25, -0.2) is 0 Å². The van der Waals surface area contributed by atoms with Crippen molar-refractivity contribution in [2.75, 3.05) is 11.9 Å². The number of carbonyl (C=O) groups is 2. The van der Waals surface area contributed by atoms with E-state index in [1.54, 1.807) is 12.1 Å². The predicted octanol–water partition coefficient (Wildman–Crippen LogP) is 4.61. The average molecular weight is 370 g/mol. The molecule has 1 aromatic rings. The fraction of sp³-hybridized carbons (Fsp3) is 0.556. The molecule has 6 heteroatoms. The Morgan fingerprint density at radius 2 is 2.04 bits per heavy atom. The number of fused-ring (bicyclic) bond motifs is 2. The highest BCUT2D eigenvalue weighted by Gasteiger charge is 2.40. The Morgan fingerprint density at radius 1 is 1.25 bits per heavy atom. The first kappa shape index (κ1) is 17.6. The molecule has 1 aromatic carbocycles. The van der Waals surface area contributed by atoms with Gasteiger partial charge < -0.3 is 10.1 Å². The van der Waals surface area contributed by atoms with Crippen LogP contribution in [0.25, 0.3) is 0 Å². The fourth-order valence-electron chi connectivity index (χ4n) is 3.99. The van der Waals surface area contributed by atoms with Crippen LogP contribution in [0.4, 0.5) is 5.69 Å². The summed E-state index contributed by atoms with van der Waals surface area (Å²) in [6.45, 7) is 1.50. The van der Waals surface area contributed by atoms with Crippen LogP contribution in [0.15, 0.2) is 12.1 Å². The molecule has 0 spiro atoms. The minimum atomic E-state index is -0.439. The Hall–Kier alpha value is -1.26. The Bertz CT molecular complexity index is 662. The van der Waals surface area contributed by atoms with Gasteiger partial charge in [-0.1, -0.05) is 35.7 Å². The summed E-state index contributed by atoms with van der Waals surface area (Å²) in [5.74, 6) is 1.15. The van der Waals surface area contributed by atoms with Crippen molar-refractivity contribution in [3.8, 4) is 0 Å². The van der Waals surface area contributed by atoms with Crippen molar-refractivity contribution < 1.29 is 14.3 Å². The Morgan fingerprint density at radius 3 is 2.71 bits per heavy atom. The smallest absolute Gasteiger partial charge is 0.306 e. The van der Waals surface area contributed by atoms with E-state index < -0.39 is 5.91 Å². The molecule has 0 unspecified atom stereocenters. The van der Waals surface area contributed by atoms with Crippen molar-refractivity contribution in [1.29, 1.82) is 0 Å². The number of hydrogen-bond acceptors (Lipinski definition) is 3. The molecule has 3 rings (SSSR count). The first-order chi connectivity index (χ1) is 11.4. The Balaban J connectivity index is 1.47. The monoisotopic (exact) mass is 369 g/mol. The number of carbonyl (C=O) groups excluding carboxylic acids is 2. The van der Waals surface area contributed by atoms with E-state index in [0.717, 1.165) is 17.9 Å². The molecule has 2 bridgehead atoms. The van der Waals surface area contributed by atoms with E-state index in [9.17, 15) is 9.59 Å². The number of benzene rings is 1. The average Bonchev–Trinajstić information content (AvgIpc) is 3.16. The van der Waals surface area contributed by atoms with Gasteiger partial charge in [-0.15, -0.1) is 0 Å². The number of nitrogens with one attached hydrogen (secondary N) is 1. The molecule has 4 nitrogen and oxygen atoms in total. The molecule has 2 saturated carbocycles. The van der Waals surface area contributed by atoms with E-state index in [1.165, 1.54) is 19.3 Å². The highest BCUT2D eigenvalue weighted by molar-refractivity contribution is 6.40. The summed E-state index contributed by atoms with van der Waals surface area (Å²) >= 11 is 12.2. The van der Waals surface area contributed by atoms with Gasteiger partial charge in [-0.2, -0.15) is 0 Å². The van der Waals surface area contributed by atoms with Crippen LogP contribution in [0.5, 0.6) is 0 Å². The molecular weight excluding hydrogens is 349 g/mol. The largest absolute Gasteiger partial charge is 0.456 e. The number of halogens is 2. The van der Waals surface area contributed by atoms with Gasteiger partial charge in [0.15, 0.2) is 6.61 Å². The first-order valence-corrected chi connectivity index (χ1v) is 9.09. The summed E-state index contributed by atoms with van der Waals surface area (Å²) in [6, 6.07) is 3.44. The molecule has 0 radical (unpaired) electrons. The Labute approximate surface area is 151 Å². The molecule has 0 aromatic heterocycles. The van der Waals surface area contributed by atoms with Gasteiger partial charge >= 0.3 is 5.97 Å². The molecule has 0 saturated heterocycles. The minimum absolute atomic E-state index is 0.302. The maximum atomic E-state index is 12.0. The lowest BCUT2D eigenvalue weighted by molar-refractivity contribution is -0.148. The molecule has 2 aliphatic rings. The quantitative estimate of drug-likeness (QED) is 0.770. The van der Waals surface area contributed by atoms with Gasteiger partial charge in [-0.3, -0.25) is 9.59 Å². The second-order valence-corrected chi connectivity index (χ2v) is 7.69. The topological polar surface area (TPSA) is 55.4 Å². The molecular formula is C18H21Cl2NO3. The summed E-state index contributed by atoms with van der Waals surface area (Å²) in [5.41, 5.74) is 1.16. The van der Waals surface area contributed by atoms with Crippen molar-refractivity contribution in [2.24, 2.45) is 17.8 Å². The van der Waals surface area contributed by atoms with E-state index in [-0.39, 0.29) is 12.6 Å². The van der Waals surface area contributed by atoms with Gasteiger partial charge in [-0.05, 0) is 55.6 Å². The number of ether oxygens (including phenoxy) is 1. The molecule has 3 atom stereocenters. The zero-order valence-electron chi connectivity index (χ0n) is 13.6. The number of aryl methyl sites for hydroxylation is 1. The molecule has 1 N–H and O–H groups in total. The molecule has 2 fully saturated rings. The zero-order chi connectivity index (χ0) is 17.3. The van der Waals surface area contributed by atoms with Gasteiger partial charge in [0.1, 0.15) is 0 Å². The van der Waals surface area contributed by atoms with E-state index in [4.69, 9.17) is 27.9 Å². The molecule has 2 aliphatic carbocycles. The van der Waals surface area contributed by atoms with Crippen LogP contribution < -0.4 is 5.32 Å². The van der Waals surface area contributed by atoms with Crippen LogP contribution in [0.2, 0.25) is 10.0 Å². The highest BCUT2D eigenvalue weighted by atomic mass is 35.5. The SMILES string of the molecule is Cc1ccc(Cl)c(NC(=O)COC(=O)C[C@H]2C[C@H]3CC[C@@H]2C3)c1Cl. The van der Waals surface area contributed by atoms with Gasteiger partial charge in [0.05, 0.1) is 15.7 Å². The van der Waals surface area contributed by atoms with Crippen molar-refractivity contribution in [3.63, 3.8) is 0 Å². The van der Waals surface area contributed by atoms with Crippen LogP contribution in [-0.4, -0.2) is 18.5 Å². The van der Waals surface area contributed by atoms with E-state index in [0.29, 0.717) is 34.0 Å². The van der Waals surface area contributed by atoms with E-state index in [1.807, 2.05) is 6.92 Å². The van der Waals surface area contributed by atoms with Crippen LogP contribution in [0.1, 0.15) is 37.7 Å². The van der Waals surface area contributed by atoms with Gasteiger partial charge in [0, 0.05) is 6.42 Å². The van der Waals surface area contributed by atoms with Crippen molar-refractivity contribution >= 4 is 40.8 Å². The lowest BCUT2D eigenvalue weighted by Crippen LogP contribution is -2.23. The fourth-order valence-corrected chi connectivity index (χ4v) is 4.46. The molecule has 130 valence electrons. The minimum Gasteiger partial charge on any atom is -0.456 e. The lowest BCUT2D eigenvalue weighted by Gasteiger charge is -2.20. The second-order valence-electron chi connectivity index (χ2n) is 6.90. The maximum absolute atomic E-state index is 12.0. The summed E-state index contributed by atoms with van der Waals surface area (Å²) < 4.78 is 5.12. The van der Waals surface area contributed by atoms with Crippen LogP contribution >= 0.6 is 23.2 Å². The molecule has 0 aliphatic heterocycles. The standard InChI is InChI=1S/C18H21Cl2NO3/c1-10-2-5-14(19)18(17(10)20)21-15(22)9-24-16(23)8-13-7-11-3-4-12(13)6-11/h2,5,11-13H,3-4,6-9H2,1H3,(H,21,22)/t11-,12+,13+/m0/s1. The number of rotatable bonds is 5. The maximum Gasteiger partial charge on any atom is 0.306 e. The number of anilines is 1. The third-order valence-electron chi connectivity index (χ3n) is 5.23. The predicted molar refractivity (Wildman–Crippen MR) is 94.3 cm³/mol. The van der Waals surface area contributed by atoms with Crippen molar-refractivity contribution in [2.45, 2.75) is 39.0 Å². The number of esters is 1. The van der Waals surface area contributed by atoms with E-state index >= 15 is 0 Å². The van der Waals surface area contributed by atoms with Gasteiger partial charge in [0.25, 0.3) is 5.91 Å². The normalized spacial score (nSPS) is 24.9. The van der Waals surface area contributed by atoms with Crippen molar-refractivity contribution in [1.82, 2.24) is 0 Å². The van der Waals surface area contributed by atoms with Crippen LogP contribution in [0, 0.1) is 24.7 Å². The summed E-state index contributed by atoms with van der Waals surface area (Å²) in [7, 11) is 0. The molecule has 0 heterocycles. The van der Waals surface area contributed by atoms with Crippen LogP contribution in [-0.2, 0) is 14.3 Å².